The highest BCUT2D eigenvalue weighted by molar-refractivity contribution is 5.90. The molecule has 88 valence electrons. The standard InChI is InChI=1S/C13H20N2O/c1-2-3-4-5-6-13(16)15-12-9-7-11(14)8-10-12/h7-10H,2-6,14H2,1H3,(H,15,16). The van der Waals surface area contributed by atoms with Crippen molar-refractivity contribution in [1.82, 2.24) is 0 Å². The van der Waals surface area contributed by atoms with E-state index >= 15 is 0 Å². The molecule has 0 bridgehead atoms. The van der Waals surface area contributed by atoms with E-state index in [0.717, 1.165) is 18.5 Å². The molecule has 0 aliphatic rings. The Labute approximate surface area is 97.0 Å². The van der Waals surface area contributed by atoms with E-state index in [9.17, 15) is 4.79 Å². The largest absolute Gasteiger partial charge is 0.399 e. The van der Waals surface area contributed by atoms with E-state index in [-0.39, 0.29) is 5.91 Å². The topological polar surface area (TPSA) is 55.1 Å². The fourth-order valence-electron chi connectivity index (χ4n) is 1.50. The Hall–Kier alpha value is -1.51. The zero-order chi connectivity index (χ0) is 11.8. The Kier molecular flexibility index (Phi) is 5.40. The molecule has 1 rings (SSSR count). The zero-order valence-corrected chi connectivity index (χ0v) is 9.83. The number of nitrogen functional groups attached to an aromatic ring is 1. The zero-order valence-electron chi connectivity index (χ0n) is 9.83. The van der Waals surface area contributed by atoms with Gasteiger partial charge < -0.3 is 11.1 Å². The van der Waals surface area contributed by atoms with Crippen LogP contribution >= 0.6 is 0 Å². The van der Waals surface area contributed by atoms with Crippen LogP contribution in [-0.4, -0.2) is 5.91 Å². The van der Waals surface area contributed by atoms with E-state index in [1.807, 2.05) is 12.1 Å². The number of hydrogen-bond acceptors (Lipinski definition) is 2. The Balaban J connectivity index is 2.26. The van der Waals surface area contributed by atoms with Gasteiger partial charge in [-0.1, -0.05) is 26.2 Å². The Morgan fingerprint density at radius 3 is 2.50 bits per heavy atom. The van der Waals surface area contributed by atoms with Crippen LogP contribution < -0.4 is 11.1 Å². The van der Waals surface area contributed by atoms with Gasteiger partial charge in [0.25, 0.3) is 0 Å². The SMILES string of the molecule is CCCCCCC(=O)Nc1ccc(N)cc1. The van der Waals surface area contributed by atoms with Crippen LogP contribution in [0.25, 0.3) is 0 Å². The van der Waals surface area contributed by atoms with E-state index < -0.39 is 0 Å². The molecule has 0 fully saturated rings. The number of nitrogens with two attached hydrogens (primary N) is 1. The first-order valence-electron chi connectivity index (χ1n) is 5.87. The fraction of sp³-hybridized carbons (Fsp3) is 0.462. The number of amides is 1. The molecular weight excluding hydrogens is 200 g/mol. The minimum absolute atomic E-state index is 0.0841. The lowest BCUT2D eigenvalue weighted by Crippen LogP contribution is -2.10. The summed E-state index contributed by atoms with van der Waals surface area (Å²) in [6.07, 6.45) is 5.10. The van der Waals surface area contributed by atoms with Gasteiger partial charge in [-0.3, -0.25) is 4.79 Å². The monoisotopic (exact) mass is 220 g/mol. The first kappa shape index (κ1) is 12.6. The molecule has 0 heterocycles. The van der Waals surface area contributed by atoms with Crippen molar-refractivity contribution in [1.29, 1.82) is 0 Å². The highest BCUT2D eigenvalue weighted by atomic mass is 16.1. The fourth-order valence-corrected chi connectivity index (χ4v) is 1.50. The number of carbonyl (C=O) groups excluding carboxylic acids is 1. The molecule has 0 aliphatic carbocycles. The third-order valence-corrected chi connectivity index (χ3v) is 2.45. The molecule has 16 heavy (non-hydrogen) atoms. The maximum Gasteiger partial charge on any atom is 0.224 e. The van der Waals surface area contributed by atoms with Crippen molar-refractivity contribution in [2.24, 2.45) is 0 Å². The Bertz CT molecular complexity index is 319. The normalized spacial score (nSPS) is 10.1. The number of benzene rings is 1. The third kappa shape index (κ3) is 4.82. The summed E-state index contributed by atoms with van der Waals surface area (Å²) in [6.45, 7) is 2.16. The van der Waals surface area contributed by atoms with Crippen molar-refractivity contribution in [3.05, 3.63) is 24.3 Å². The van der Waals surface area contributed by atoms with Crippen molar-refractivity contribution in [2.75, 3.05) is 11.1 Å². The molecule has 0 atom stereocenters. The molecule has 0 aliphatic heterocycles. The van der Waals surface area contributed by atoms with Crippen LogP contribution in [0.1, 0.15) is 39.0 Å². The summed E-state index contributed by atoms with van der Waals surface area (Å²) in [5, 5.41) is 2.85. The van der Waals surface area contributed by atoms with Gasteiger partial charge >= 0.3 is 0 Å². The molecule has 3 heteroatoms. The van der Waals surface area contributed by atoms with Crippen LogP contribution in [0.3, 0.4) is 0 Å². The van der Waals surface area contributed by atoms with Gasteiger partial charge in [0.15, 0.2) is 0 Å². The van der Waals surface area contributed by atoms with E-state index in [0.29, 0.717) is 12.1 Å². The molecule has 0 saturated heterocycles. The molecule has 1 amide bonds. The van der Waals surface area contributed by atoms with Crippen molar-refractivity contribution < 1.29 is 4.79 Å². The number of nitrogens with one attached hydrogen (secondary N) is 1. The molecule has 0 saturated carbocycles. The average molecular weight is 220 g/mol. The lowest BCUT2D eigenvalue weighted by Gasteiger charge is -2.05. The lowest BCUT2D eigenvalue weighted by molar-refractivity contribution is -0.116. The molecule has 1 aromatic carbocycles. The minimum atomic E-state index is 0.0841. The van der Waals surface area contributed by atoms with Crippen LogP contribution in [0.4, 0.5) is 11.4 Å². The summed E-state index contributed by atoms with van der Waals surface area (Å²) in [7, 11) is 0. The smallest absolute Gasteiger partial charge is 0.224 e. The van der Waals surface area contributed by atoms with Gasteiger partial charge in [-0.05, 0) is 30.7 Å². The summed E-state index contributed by atoms with van der Waals surface area (Å²) in [4.78, 5) is 11.5. The number of unbranched alkanes of at least 4 members (excludes halogenated alkanes) is 3. The molecule has 0 aromatic heterocycles. The van der Waals surface area contributed by atoms with Crippen LogP contribution in [-0.2, 0) is 4.79 Å². The maximum absolute atomic E-state index is 11.5. The first-order valence-corrected chi connectivity index (χ1v) is 5.87. The number of carbonyl (C=O) groups is 1. The lowest BCUT2D eigenvalue weighted by atomic mass is 10.1. The molecular formula is C13H20N2O. The van der Waals surface area contributed by atoms with Crippen molar-refractivity contribution >= 4 is 17.3 Å². The second kappa shape index (κ2) is 6.88. The second-order valence-electron chi connectivity index (χ2n) is 3.98. The van der Waals surface area contributed by atoms with E-state index in [4.69, 9.17) is 5.73 Å². The maximum atomic E-state index is 11.5. The second-order valence-corrected chi connectivity index (χ2v) is 3.98. The highest BCUT2D eigenvalue weighted by Gasteiger charge is 2.01. The summed E-state index contributed by atoms with van der Waals surface area (Å²) >= 11 is 0. The van der Waals surface area contributed by atoms with E-state index in [2.05, 4.69) is 12.2 Å². The molecule has 3 nitrogen and oxygen atoms in total. The van der Waals surface area contributed by atoms with Gasteiger partial charge in [0.05, 0.1) is 0 Å². The van der Waals surface area contributed by atoms with Crippen LogP contribution in [0, 0.1) is 0 Å². The van der Waals surface area contributed by atoms with Gasteiger partial charge in [0.2, 0.25) is 5.91 Å². The van der Waals surface area contributed by atoms with Gasteiger partial charge in [-0.15, -0.1) is 0 Å². The summed E-state index contributed by atoms with van der Waals surface area (Å²) < 4.78 is 0. The van der Waals surface area contributed by atoms with Crippen LogP contribution in [0.2, 0.25) is 0 Å². The van der Waals surface area contributed by atoms with Gasteiger partial charge in [0.1, 0.15) is 0 Å². The van der Waals surface area contributed by atoms with E-state index in [1.165, 1.54) is 12.8 Å². The van der Waals surface area contributed by atoms with Crippen LogP contribution in [0.15, 0.2) is 24.3 Å². The molecule has 0 unspecified atom stereocenters. The third-order valence-electron chi connectivity index (χ3n) is 2.45. The molecule has 1 aromatic rings. The number of hydrogen-bond donors (Lipinski definition) is 2. The van der Waals surface area contributed by atoms with Crippen molar-refractivity contribution in [2.45, 2.75) is 39.0 Å². The van der Waals surface area contributed by atoms with Crippen LogP contribution in [0.5, 0.6) is 0 Å². The highest BCUT2D eigenvalue weighted by Crippen LogP contribution is 2.11. The van der Waals surface area contributed by atoms with Gasteiger partial charge in [0, 0.05) is 17.8 Å². The Morgan fingerprint density at radius 2 is 1.88 bits per heavy atom. The summed E-state index contributed by atoms with van der Waals surface area (Å²) in [5.74, 6) is 0.0841. The minimum Gasteiger partial charge on any atom is -0.399 e. The van der Waals surface area contributed by atoms with Gasteiger partial charge in [-0.25, -0.2) is 0 Å². The number of rotatable bonds is 6. The predicted molar refractivity (Wildman–Crippen MR) is 68.2 cm³/mol. The average Bonchev–Trinajstić information content (AvgIpc) is 2.28. The first-order chi connectivity index (χ1) is 7.72. The molecule has 0 radical (unpaired) electrons. The quantitative estimate of drug-likeness (QED) is 0.571. The summed E-state index contributed by atoms with van der Waals surface area (Å²) in [5.41, 5.74) is 7.08. The van der Waals surface area contributed by atoms with Crippen molar-refractivity contribution in [3.63, 3.8) is 0 Å². The van der Waals surface area contributed by atoms with Gasteiger partial charge in [-0.2, -0.15) is 0 Å². The van der Waals surface area contributed by atoms with E-state index in [1.54, 1.807) is 12.1 Å². The summed E-state index contributed by atoms with van der Waals surface area (Å²) in [6, 6.07) is 7.21. The Morgan fingerprint density at radius 1 is 1.19 bits per heavy atom. The molecule has 3 N–H and O–H groups in total. The molecule has 0 spiro atoms. The van der Waals surface area contributed by atoms with Crippen molar-refractivity contribution in [3.8, 4) is 0 Å². The number of anilines is 2. The predicted octanol–water partition coefficient (Wildman–Crippen LogP) is 3.18.